The molecule has 0 aromatic carbocycles. The number of nitrogens with zero attached hydrogens (tertiary/aromatic N) is 3. The lowest BCUT2D eigenvalue weighted by Crippen LogP contribution is -2.14. The van der Waals surface area contributed by atoms with E-state index in [0.717, 1.165) is 24.2 Å². The van der Waals surface area contributed by atoms with E-state index in [1.165, 1.54) is 0 Å². The number of hydrogen-bond donors (Lipinski definition) is 2. The van der Waals surface area contributed by atoms with Crippen LogP contribution in [0.5, 0.6) is 0 Å². The van der Waals surface area contributed by atoms with Gasteiger partial charge in [0, 0.05) is 13.0 Å². The van der Waals surface area contributed by atoms with Gasteiger partial charge in [0.1, 0.15) is 0 Å². The summed E-state index contributed by atoms with van der Waals surface area (Å²) in [6.07, 6.45) is 2.73. The van der Waals surface area contributed by atoms with Gasteiger partial charge in [0.05, 0.1) is 11.4 Å². The fraction of sp³-hybridized carbons (Fsp3) is 0.636. The van der Waals surface area contributed by atoms with Crippen molar-refractivity contribution < 1.29 is 4.79 Å². The lowest BCUT2D eigenvalue weighted by molar-refractivity contribution is -0.118. The summed E-state index contributed by atoms with van der Waals surface area (Å²) < 4.78 is 0. The molecule has 0 bridgehead atoms. The van der Waals surface area contributed by atoms with Gasteiger partial charge < -0.3 is 11.1 Å². The van der Waals surface area contributed by atoms with E-state index in [0.29, 0.717) is 25.3 Å². The Balaban J connectivity index is 2.51. The van der Waals surface area contributed by atoms with Gasteiger partial charge in [-0.25, -0.2) is 4.98 Å². The summed E-state index contributed by atoms with van der Waals surface area (Å²) >= 11 is 0. The molecule has 17 heavy (non-hydrogen) atoms. The summed E-state index contributed by atoms with van der Waals surface area (Å²) in [5.74, 6) is 0.227. The molecule has 0 spiro atoms. The second-order valence-corrected chi connectivity index (χ2v) is 3.73. The maximum absolute atomic E-state index is 10.5. The molecule has 0 aliphatic carbocycles. The Kier molecular flexibility index (Phi) is 5.32. The highest BCUT2D eigenvalue weighted by Crippen LogP contribution is 2.06. The molecule has 0 atom stereocenters. The third-order valence-electron chi connectivity index (χ3n) is 2.39. The Morgan fingerprint density at radius 1 is 1.24 bits per heavy atom. The molecule has 94 valence electrons. The molecular weight excluding hydrogens is 218 g/mol. The van der Waals surface area contributed by atoms with E-state index in [1.807, 2.05) is 13.8 Å². The largest absolute Gasteiger partial charge is 0.370 e. The summed E-state index contributed by atoms with van der Waals surface area (Å²) in [4.78, 5) is 14.9. The van der Waals surface area contributed by atoms with Crippen molar-refractivity contribution in [1.82, 2.24) is 15.2 Å². The Hall–Kier alpha value is -1.72. The molecule has 6 nitrogen and oxygen atoms in total. The number of aromatic nitrogens is 3. The zero-order chi connectivity index (χ0) is 12.7. The van der Waals surface area contributed by atoms with Crippen LogP contribution in [0.25, 0.3) is 0 Å². The van der Waals surface area contributed by atoms with E-state index in [4.69, 9.17) is 5.73 Å². The maximum atomic E-state index is 10.5. The smallest absolute Gasteiger partial charge is 0.242 e. The summed E-state index contributed by atoms with van der Waals surface area (Å²) in [5.41, 5.74) is 6.96. The Morgan fingerprint density at radius 2 is 1.94 bits per heavy atom. The number of primary amides is 1. The molecule has 0 saturated heterocycles. The number of anilines is 1. The van der Waals surface area contributed by atoms with Crippen LogP contribution in [0.3, 0.4) is 0 Å². The van der Waals surface area contributed by atoms with Crippen LogP contribution in [0.1, 0.15) is 38.1 Å². The van der Waals surface area contributed by atoms with Crippen molar-refractivity contribution in [2.24, 2.45) is 5.73 Å². The molecule has 0 aliphatic rings. The van der Waals surface area contributed by atoms with Gasteiger partial charge in [-0.05, 0) is 19.3 Å². The van der Waals surface area contributed by atoms with Crippen LogP contribution in [0, 0.1) is 0 Å². The van der Waals surface area contributed by atoms with Crippen LogP contribution in [-0.2, 0) is 17.6 Å². The van der Waals surface area contributed by atoms with Gasteiger partial charge in [0.2, 0.25) is 11.9 Å². The number of amides is 1. The number of hydrogen-bond acceptors (Lipinski definition) is 5. The quantitative estimate of drug-likeness (QED) is 0.680. The lowest BCUT2D eigenvalue weighted by atomic mass is 10.2. The van der Waals surface area contributed by atoms with Gasteiger partial charge in [-0.1, -0.05) is 13.8 Å². The molecule has 0 fully saturated rings. The molecule has 1 rings (SSSR count). The van der Waals surface area contributed by atoms with Crippen molar-refractivity contribution in [2.75, 3.05) is 11.9 Å². The van der Waals surface area contributed by atoms with Gasteiger partial charge in [-0.2, -0.15) is 5.10 Å². The minimum atomic E-state index is -0.290. The molecule has 3 N–H and O–H groups in total. The highest BCUT2D eigenvalue weighted by Gasteiger charge is 2.05. The van der Waals surface area contributed by atoms with Crippen molar-refractivity contribution in [3.05, 3.63) is 11.4 Å². The number of aryl methyl sites for hydroxylation is 2. The zero-order valence-electron chi connectivity index (χ0n) is 10.4. The summed E-state index contributed by atoms with van der Waals surface area (Å²) in [6.45, 7) is 4.70. The molecule has 0 radical (unpaired) electrons. The van der Waals surface area contributed by atoms with E-state index in [2.05, 4.69) is 20.5 Å². The third kappa shape index (κ3) is 4.34. The molecule has 0 aliphatic heterocycles. The number of carbonyl (C=O) groups excluding carboxylic acids is 1. The molecule has 0 unspecified atom stereocenters. The number of carbonyl (C=O) groups is 1. The summed E-state index contributed by atoms with van der Waals surface area (Å²) in [5, 5.41) is 11.1. The SMILES string of the molecule is CCc1nnc(NCCCC(N)=O)nc1CC. The fourth-order valence-electron chi connectivity index (χ4n) is 1.48. The van der Waals surface area contributed by atoms with Crippen molar-refractivity contribution in [3.63, 3.8) is 0 Å². The monoisotopic (exact) mass is 237 g/mol. The highest BCUT2D eigenvalue weighted by atomic mass is 16.1. The van der Waals surface area contributed by atoms with E-state index in [9.17, 15) is 4.79 Å². The van der Waals surface area contributed by atoms with E-state index in [1.54, 1.807) is 0 Å². The van der Waals surface area contributed by atoms with Crippen molar-refractivity contribution in [3.8, 4) is 0 Å². The van der Waals surface area contributed by atoms with E-state index >= 15 is 0 Å². The second kappa shape index (κ2) is 6.78. The zero-order valence-corrected chi connectivity index (χ0v) is 10.4. The predicted octanol–water partition coefficient (Wildman–Crippen LogP) is 0.674. The molecule has 6 heteroatoms. The van der Waals surface area contributed by atoms with Gasteiger partial charge >= 0.3 is 0 Å². The van der Waals surface area contributed by atoms with Gasteiger partial charge in [-0.3, -0.25) is 4.79 Å². The number of nitrogens with two attached hydrogens (primary N) is 1. The second-order valence-electron chi connectivity index (χ2n) is 3.73. The van der Waals surface area contributed by atoms with Gasteiger partial charge in [-0.15, -0.1) is 5.10 Å². The highest BCUT2D eigenvalue weighted by molar-refractivity contribution is 5.73. The summed E-state index contributed by atoms with van der Waals surface area (Å²) in [7, 11) is 0. The predicted molar refractivity (Wildman–Crippen MR) is 65.5 cm³/mol. The van der Waals surface area contributed by atoms with Gasteiger partial charge in [0.25, 0.3) is 0 Å². The first kappa shape index (κ1) is 13.3. The molecule has 1 aromatic rings. The molecular formula is C11H19N5O. The third-order valence-corrected chi connectivity index (χ3v) is 2.39. The number of rotatable bonds is 7. The van der Waals surface area contributed by atoms with Crippen LogP contribution < -0.4 is 11.1 Å². The Labute approximate surface area is 101 Å². The van der Waals surface area contributed by atoms with Crippen LogP contribution in [-0.4, -0.2) is 27.6 Å². The van der Waals surface area contributed by atoms with E-state index < -0.39 is 0 Å². The topological polar surface area (TPSA) is 93.8 Å². The molecule has 0 saturated carbocycles. The first-order valence-electron chi connectivity index (χ1n) is 5.92. The Morgan fingerprint density at radius 3 is 2.53 bits per heavy atom. The normalized spacial score (nSPS) is 10.2. The first-order valence-corrected chi connectivity index (χ1v) is 5.92. The molecule has 1 aromatic heterocycles. The van der Waals surface area contributed by atoms with Crippen molar-refractivity contribution >= 4 is 11.9 Å². The minimum Gasteiger partial charge on any atom is -0.370 e. The summed E-state index contributed by atoms with van der Waals surface area (Å²) in [6, 6.07) is 0. The fourth-order valence-corrected chi connectivity index (χ4v) is 1.48. The molecule has 1 amide bonds. The average molecular weight is 237 g/mol. The maximum Gasteiger partial charge on any atom is 0.242 e. The minimum absolute atomic E-state index is 0.290. The Bertz CT molecular complexity index is 380. The standard InChI is InChI=1S/C11H19N5O/c1-3-8-9(4-2)15-16-11(14-8)13-7-5-6-10(12)17/h3-7H2,1-2H3,(H2,12,17)(H,13,14,16). The average Bonchev–Trinajstić information content (AvgIpc) is 2.34. The molecule has 1 heterocycles. The van der Waals surface area contributed by atoms with E-state index in [-0.39, 0.29) is 5.91 Å². The van der Waals surface area contributed by atoms with Crippen LogP contribution in [0.2, 0.25) is 0 Å². The van der Waals surface area contributed by atoms with Crippen LogP contribution in [0.4, 0.5) is 5.95 Å². The van der Waals surface area contributed by atoms with Gasteiger partial charge in [0.15, 0.2) is 0 Å². The number of nitrogens with one attached hydrogen (secondary N) is 1. The lowest BCUT2D eigenvalue weighted by Gasteiger charge is -2.07. The van der Waals surface area contributed by atoms with Crippen LogP contribution in [0.15, 0.2) is 0 Å². The van der Waals surface area contributed by atoms with Crippen molar-refractivity contribution in [2.45, 2.75) is 39.5 Å². The van der Waals surface area contributed by atoms with Crippen molar-refractivity contribution in [1.29, 1.82) is 0 Å². The first-order chi connectivity index (χ1) is 8.17. The van der Waals surface area contributed by atoms with Crippen LogP contribution >= 0.6 is 0 Å².